The Morgan fingerprint density at radius 3 is 2.41 bits per heavy atom. The van der Waals surface area contributed by atoms with Crippen LogP contribution < -0.4 is 14.9 Å². The van der Waals surface area contributed by atoms with E-state index in [-0.39, 0.29) is 12.2 Å². The van der Waals surface area contributed by atoms with Gasteiger partial charge in [-0.3, -0.25) is 14.3 Å². The van der Waals surface area contributed by atoms with Crippen molar-refractivity contribution in [2.24, 2.45) is 4.99 Å². The van der Waals surface area contributed by atoms with Gasteiger partial charge in [-0.15, -0.1) is 0 Å². The average molecular weight is 468 g/mol. The van der Waals surface area contributed by atoms with E-state index in [1.165, 1.54) is 11.3 Å². The summed E-state index contributed by atoms with van der Waals surface area (Å²) in [5.41, 5.74) is 3.29. The number of esters is 1. The molecule has 4 aromatic rings. The number of pyridine rings is 1. The molecule has 2 aromatic heterocycles. The number of allylic oxidation sites excluding steroid dienone is 1. The number of hydrogen-bond donors (Lipinski definition) is 0. The van der Waals surface area contributed by atoms with Crippen LogP contribution in [0.5, 0.6) is 0 Å². The molecule has 5 rings (SSSR count). The van der Waals surface area contributed by atoms with Crippen LogP contribution in [0.25, 0.3) is 6.08 Å². The number of hydrogen-bond acceptors (Lipinski definition) is 6. The predicted molar refractivity (Wildman–Crippen MR) is 131 cm³/mol. The van der Waals surface area contributed by atoms with Crippen molar-refractivity contribution < 1.29 is 9.53 Å². The fourth-order valence-corrected chi connectivity index (χ4v) is 4.99. The lowest BCUT2D eigenvalue weighted by atomic mass is 9.96. The lowest BCUT2D eigenvalue weighted by Crippen LogP contribution is -2.39. The molecule has 2 aromatic carbocycles. The van der Waals surface area contributed by atoms with Gasteiger partial charge in [0.2, 0.25) is 0 Å². The van der Waals surface area contributed by atoms with Gasteiger partial charge in [-0.2, -0.15) is 0 Å². The molecular formula is C27H21N3O3S. The number of carbonyl (C=O) groups excluding carboxylic acids is 1. The number of carbonyl (C=O) groups is 1. The highest BCUT2D eigenvalue weighted by Gasteiger charge is 2.33. The second-order valence-electron chi connectivity index (χ2n) is 7.83. The first kappa shape index (κ1) is 21.7. The van der Waals surface area contributed by atoms with Crippen molar-refractivity contribution in [3.05, 3.63) is 133 Å². The molecule has 0 fully saturated rings. The summed E-state index contributed by atoms with van der Waals surface area (Å²) < 4.78 is 7.80. The van der Waals surface area contributed by atoms with Crippen molar-refractivity contribution in [1.82, 2.24) is 9.55 Å². The molecule has 7 heteroatoms. The van der Waals surface area contributed by atoms with Crippen LogP contribution >= 0.6 is 11.3 Å². The molecule has 34 heavy (non-hydrogen) atoms. The second-order valence-corrected chi connectivity index (χ2v) is 8.84. The maximum atomic E-state index is 13.5. The topological polar surface area (TPSA) is 73.6 Å². The Morgan fingerprint density at radius 2 is 1.71 bits per heavy atom. The molecule has 0 spiro atoms. The normalized spacial score (nSPS) is 15.6. The van der Waals surface area contributed by atoms with Crippen LogP contribution in [0.15, 0.2) is 106 Å². The summed E-state index contributed by atoms with van der Waals surface area (Å²) in [5.74, 6) is -0.484. The largest absolute Gasteiger partial charge is 0.457 e. The van der Waals surface area contributed by atoms with Gasteiger partial charge in [-0.05, 0) is 41.8 Å². The van der Waals surface area contributed by atoms with Gasteiger partial charge in [0.1, 0.15) is 6.61 Å². The Hall–Kier alpha value is -4.10. The third-order valence-corrected chi connectivity index (χ3v) is 6.56. The first-order chi connectivity index (χ1) is 16.6. The quantitative estimate of drug-likeness (QED) is 0.422. The summed E-state index contributed by atoms with van der Waals surface area (Å²) in [4.78, 5) is 36.1. The van der Waals surface area contributed by atoms with E-state index in [2.05, 4.69) is 9.98 Å². The molecule has 1 atom stereocenters. The average Bonchev–Trinajstić information content (AvgIpc) is 3.17. The van der Waals surface area contributed by atoms with E-state index in [0.717, 1.165) is 16.7 Å². The van der Waals surface area contributed by atoms with Gasteiger partial charge in [0.25, 0.3) is 5.56 Å². The number of fused-ring (bicyclic) bond motifs is 1. The van der Waals surface area contributed by atoms with Crippen molar-refractivity contribution in [2.75, 3.05) is 0 Å². The van der Waals surface area contributed by atoms with Crippen LogP contribution in [-0.4, -0.2) is 15.5 Å². The van der Waals surface area contributed by atoms with Gasteiger partial charge >= 0.3 is 5.97 Å². The summed E-state index contributed by atoms with van der Waals surface area (Å²) in [6, 6.07) is 22.1. The van der Waals surface area contributed by atoms with E-state index in [1.807, 2.05) is 78.9 Å². The highest BCUT2D eigenvalue weighted by atomic mass is 32.1. The summed E-state index contributed by atoms with van der Waals surface area (Å²) in [6.07, 6.45) is 5.18. The van der Waals surface area contributed by atoms with Gasteiger partial charge in [-0.25, -0.2) is 9.79 Å². The number of rotatable bonds is 5. The molecule has 168 valence electrons. The van der Waals surface area contributed by atoms with E-state index in [1.54, 1.807) is 23.9 Å². The zero-order valence-electron chi connectivity index (χ0n) is 18.4. The molecule has 0 amide bonds. The molecule has 0 saturated heterocycles. The molecule has 1 aliphatic rings. The minimum Gasteiger partial charge on any atom is -0.457 e. The fourth-order valence-electron chi connectivity index (χ4n) is 3.95. The molecule has 0 bridgehead atoms. The van der Waals surface area contributed by atoms with Crippen LogP contribution in [-0.2, 0) is 16.1 Å². The summed E-state index contributed by atoms with van der Waals surface area (Å²) in [5, 5.41) is 0. The van der Waals surface area contributed by atoms with Gasteiger partial charge in [0.05, 0.1) is 21.8 Å². The summed E-state index contributed by atoms with van der Waals surface area (Å²) in [6.45, 7) is 1.93. The van der Waals surface area contributed by atoms with E-state index >= 15 is 0 Å². The second kappa shape index (κ2) is 9.41. The smallest absolute Gasteiger partial charge is 0.338 e. The Kier molecular flexibility index (Phi) is 6.01. The fraction of sp³-hybridized carbons (Fsp3) is 0.111. The first-order valence-corrected chi connectivity index (χ1v) is 11.6. The molecule has 1 aliphatic heterocycles. The minimum absolute atomic E-state index is 0.143. The number of aromatic nitrogens is 2. The van der Waals surface area contributed by atoms with Gasteiger partial charge < -0.3 is 4.74 Å². The van der Waals surface area contributed by atoms with Crippen molar-refractivity contribution in [3.63, 3.8) is 0 Å². The van der Waals surface area contributed by atoms with Gasteiger partial charge in [-0.1, -0.05) is 72.0 Å². The maximum Gasteiger partial charge on any atom is 0.338 e. The third kappa shape index (κ3) is 4.25. The van der Waals surface area contributed by atoms with Crippen molar-refractivity contribution in [2.45, 2.75) is 19.6 Å². The number of thiazole rings is 1. The lowest BCUT2D eigenvalue weighted by molar-refractivity contribution is -0.140. The molecule has 1 unspecified atom stereocenters. The maximum absolute atomic E-state index is 13.5. The molecule has 3 heterocycles. The van der Waals surface area contributed by atoms with Gasteiger partial charge in [0, 0.05) is 12.4 Å². The molecular weight excluding hydrogens is 446 g/mol. The first-order valence-electron chi connectivity index (χ1n) is 10.8. The standard InChI is InChI=1S/C27H21N3O3S/c1-18-23(26(32)33-17-20-8-4-2-5-9-20)24(21-10-6-3-7-11-21)30-25(31)22(34-27(30)29-18)16-19-12-14-28-15-13-19/h2-16,24H,17H2,1H3/b22-16-. The van der Waals surface area contributed by atoms with E-state index in [9.17, 15) is 9.59 Å². The summed E-state index contributed by atoms with van der Waals surface area (Å²) >= 11 is 1.30. The van der Waals surface area contributed by atoms with Crippen molar-refractivity contribution in [1.29, 1.82) is 0 Å². The number of ether oxygens (including phenoxy) is 1. The minimum atomic E-state index is -0.625. The zero-order valence-corrected chi connectivity index (χ0v) is 19.2. The number of nitrogens with zero attached hydrogens (tertiary/aromatic N) is 3. The van der Waals surface area contributed by atoms with E-state index in [0.29, 0.717) is 20.6 Å². The van der Waals surface area contributed by atoms with Crippen molar-refractivity contribution >= 4 is 23.4 Å². The van der Waals surface area contributed by atoms with Crippen LogP contribution in [0.1, 0.15) is 29.7 Å². The third-order valence-electron chi connectivity index (χ3n) is 5.57. The van der Waals surface area contributed by atoms with Gasteiger partial charge in [0.15, 0.2) is 4.80 Å². The highest BCUT2D eigenvalue weighted by molar-refractivity contribution is 7.07. The highest BCUT2D eigenvalue weighted by Crippen LogP contribution is 2.30. The monoisotopic (exact) mass is 467 g/mol. The van der Waals surface area contributed by atoms with Crippen molar-refractivity contribution in [3.8, 4) is 0 Å². The molecule has 0 aliphatic carbocycles. The molecule has 0 radical (unpaired) electrons. The molecule has 0 N–H and O–H groups in total. The lowest BCUT2D eigenvalue weighted by Gasteiger charge is -2.24. The van der Waals surface area contributed by atoms with Crippen LogP contribution in [0, 0.1) is 0 Å². The Labute approximate surface area is 199 Å². The molecule has 6 nitrogen and oxygen atoms in total. The van der Waals surface area contributed by atoms with E-state index < -0.39 is 12.0 Å². The Bertz CT molecular complexity index is 1540. The predicted octanol–water partition coefficient (Wildman–Crippen LogP) is 3.37. The van der Waals surface area contributed by atoms with Crippen LogP contribution in [0.4, 0.5) is 0 Å². The zero-order chi connectivity index (χ0) is 23.5. The number of benzene rings is 2. The van der Waals surface area contributed by atoms with E-state index in [4.69, 9.17) is 4.74 Å². The van der Waals surface area contributed by atoms with Crippen LogP contribution in [0.2, 0.25) is 0 Å². The Balaban J connectivity index is 1.60. The SMILES string of the molecule is CC1=C(C(=O)OCc2ccccc2)C(c2ccccc2)n2c(s/c(=C\c3ccncc3)c2=O)=N1. The summed E-state index contributed by atoms with van der Waals surface area (Å²) in [7, 11) is 0. The Morgan fingerprint density at radius 1 is 1.03 bits per heavy atom. The molecule has 0 saturated carbocycles. The van der Waals surface area contributed by atoms with Crippen LogP contribution in [0.3, 0.4) is 0 Å².